The third kappa shape index (κ3) is 2.58. The number of hydrogen-bond acceptors (Lipinski definition) is 3. The van der Waals surface area contributed by atoms with Crippen molar-refractivity contribution in [2.45, 2.75) is 39.2 Å². The van der Waals surface area contributed by atoms with E-state index in [0.29, 0.717) is 22.7 Å². The van der Waals surface area contributed by atoms with Crippen LogP contribution in [0.5, 0.6) is 0 Å². The molecule has 0 spiro atoms. The fourth-order valence-corrected chi connectivity index (χ4v) is 2.69. The van der Waals surface area contributed by atoms with Gasteiger partial charge >= 0.3 is 0 Å². The lowest BCUT2D eigenvalue weighted by molar-refractivity contribution is 0.100. The number of carbonyl (C=O) groups excluding carboxylic acids is 1. The molecule has 1 aromatic rings. The molecule has 0 heterocycles. The smallest absolute Gasteiger partial charge is 0.250 e. The van der Waals surface area contributed by atoms with Crippen molar-refractivity contribution >= 4 is 17.3 Å². The van der Waals surface area contributed by atoms with Crippen molar-refractivity contribution in [3.8, 4) is 0 Å². The van der Waals surface area contributed by atoms with Gasteiger partial charge in [-0.05, 0) is 36.8 Å². The molecule has 98 valence electrons. The highest BCUT2D eigenvalue weighted by Gasteiger charge is 2.31. The Balaban J connectivity index is 2.15. The van der Waals surface area contributed by atoms with Crippen molar-refractivity contribution in [3.63, 3.8) is 0 Å². The Morgan fingerprint density at radius 2 is 2.17 bits per heavy atom. The van der Waals surface area contributed by atoms with E-state index in [9.17, 15) is 4.79 Å². The van der Waals surface area contributed by atoms with Crippen molar-refractivity contribution in [2.24, 2.45) is 11.1 Å². The van der Waals surface area contributed by atoms with Crippen LogP contribution in [0.4, 0.5) is 11.4 Å². The highest BCUT2D eigenvalue weighted by Crippen LogP contribution is 2.39. The number of nitrogens with two attached hydrogens (primary N) is 2. The van der Waals surface area contributed by atoms with Crippen LogP contribution in [0.15, 0.2) is 18.2 Å². The van der Waals surface area contributed by atoms with Gasteiger partial charge < -0.3 is 16.8 Å². The molecule has 1 atom stereocenters. The van der Waals surface area contributed by atoms with Crippen molar-refractivity contribution in [3.05, 3.63) is 23.8 Å². The van der Waals surface area contributed by atoms with Gasteiger partial charge in [0.25, 0.3) is 5.91 Å². The second-order valence-corrected chi connectivity index (χ2v) is 5.88. The molecule has 0 aliphatic heterocycles. The SMILES string of the molecule is CC1(C)CCC(Nc2cccc(C(N)=O)c2N)C1. The molecule has 2 rings (SSSR count). The fourth-order valence-electron chi connectivity index (χ4n) is 2.69. The number of primary amides is 1. The number of para-hydroxylation sites is 1. The van der Waals surface area contributed by atoms with E-state index in [-0.39, 0.29) is 0 Å². The van der Waals surface area contributed by atoms with Gasteiger partial charge in [0, 0.05) is 6.04 Å². The van der Waals surface area contributed by atoms with Crippen LogP contribution in [0.3, 0.4) is 0 Å². The Morgan fingerprint density at radius 3 is 2.72 bits per heavy atom. The quantitative estimate of drug-likeness (QED) is 0.717. The number of nitrogens with one attached hydrogen (secondary N) is 1. The van der Waals surface area contributed by atoms with Crippen LogP contribution < -0.4 is 16.8 Å². The lowest BCUT2D eigenvalue weighted by Crippen LogP contribution is -2.20. The van der Waals surface area contributed by atoms with Gasteiger partial charge in [-0.15, -0.1) is 0 Å². The maximum Gasteiger partial charge on any atom is 0.250 e. The Labute approximate surface area is 108 Å². The molecule has 4 heteroatoms. The lowest BCUT2D eigenvalue weighted by Gasteiger charge is -2.20. The number of hydrogen-bond donors (Lipinski definition) is 3. The molecule has 0 radical (unpaired) electrons. The van der Waals surface area contributed by atoms with Gasteiger partial charge in [-0.3, -0.25) is 4.79 Å². The Morgan fingerprint density at radius 1 is 1.44 bits per heavy atom. The van der Waals surface area contributed by atoms with E-state index in [2.05, 4.69) is 19.2 Å². The summed E-state index contributed by atoms with van der Waals surface area (Å²) >= 11 is 0. The molecule has 4 nitrogen and oxygen atoms in total. The van der Waals surface area contributed by atoms with Crippen LogP contribution in [-0.4, -0.2) is 11.9 Å². The van der Waals surface area contributed by atoms with E-state index in [0.717, 1.165) is 18.5 Å². The third-order valence-corrected chi connectivity index (χ3v) is 3.70. The summed E-state index contributed by atoms with van der Waals surface area (Å²) in [5, 5.41) is 3.43. The van der Waals surface area contributed by atoms with Gasteiger partial charge in [-0.25, -0.2) is 0 Å². The normalized spacial score (nSPS) is 21.8. The molecule has 5 N–H and O–H groups in total. The summed E-state index contributed by atoms with van der Waals surface area (Å²) in [7, 11) is 0. The summed E-state index contributed by atoms with van der Waals surface area (Å²) in [5.41, 5.74) is 13.3. The largest absolute Gasteiger partial charge is 0.396 e. The van der Waals surface area contributed by atoms with E-state index in [4.69, 9.17) is 11.5 Å². The molecule has 1 aromatic carbocycles. The van der Waals surface area contributed by atoms with Crippen LogP contribution >= 0.6 is 0 Å². The van der Waals surface area contributed by atoms with E-state index < -0.39 is 5.91 Å². The number of anilines is 2. The first kappa shape index (κ1) is 12.7. The Kier molecular flexibility index (Phi) is 3.20. The molecular formula is C14H21N3O. The van der Waals surface area contributed by atoms with E-state index in [1.807, 2.05) is 6.07 Å². The average Bonchev–Trinajstić information content (AvgIpc) is 2.61. The zero-order chi connectivity index (χ0) is 13.3. The van der Waals surface area contributed by atoms with Crippen LogP contribution in [0.2, 0.25) is 0 Å². The summed E-state index contributed by atoms with van der Waals surface area (Å²) in [6, 6.07) is 5.78. The number of rotatable bonds is 3. The zero-order valence-electron chi connectivity index (χ0n) is 11.0. The summed E-state index contributed by atoms with van der Waals surface area (Å²) < 4.78 is 0. The predicted molar refractivity (Wildman–Crippen MR) is 74.4 cm³/mol. The second-order valence-electron chi connectivity index (χ2n) is 5.88. The van der Waals surface area contributed by atoms with E-state index >= 15 is 0 Å². The first-order valence-electron chi connectivity index (χ1n) is 6.34. The molecule has 0 bridgehead atoms. The van der Waals surface area contributed by atoms with E-state index in [1.54, 1.807) is 12.1 Å². The van der Waals surface area contributed by atoms with Crippen LogP contribution in [-0.2, 0) is 0 Å². The Bertz CT molecular complexity index is 468. The molecule has 1 aliphatic rings. The third-order valence-electron chi connectivity index (χ3n) is 3.70. The number of nitrogen functional groups attached to an aromatic ring is 1. The van der Waals surface area contributed by atoms with Crippen molar-refractivity contribution < 1.29 is 4.79 Å². The maximum atomic E-state index is 11.2. The molecule has 0 aromatic heterocycles. The van der Waals surface area contributed by atoms with Gasteiger partial charge in [0.2, 0.25) is 0 Å². The molecule has 0 saturated heterocycles. The van der Waals surface area contributed by atoms with Crippen LogP contribution in [0.1, 0.15) is 43.5 Å². The van der Waals surface area contributed by atoms with Crippen LogP contribution in [0.25, 0.3) is 0 Å². The number of amides is 1. The van der Waals surface area contributed by atoms with Crippen LogP contribution in [0, 0.1) is 5.41 Å². The minimum absolute atomic E-state index is 0.383. The van der Waals surface area contributed by atoms with Gasteiger partial charge in [-0.2, -0.15) is 0 Å². The van der Waals surface area contributed by atoms with Crippen molar-refractivity contribution in [1.82, 2.24) is 0 Å². The summed E-state index contributed by atoms with van der Waals surface area (Å²) in [4.78, 5) is 11.2. The molecule has 1 unspecified atom stereocenters. The highest BCUT2D eigenvalue weighted by atomic mass is 16.1. The topological polar surface area (TPSA) is 81.1 Å². The summed E-state index contributed by atoms with van der Waals surface area (Å²) in [6.45, 7) is 4.55. The van der Waals surface area contributed by atoms with Crippen molar-refractivity contribution in [1.29, 1.82) is 0 Å². The Hall–Kier alpha value is -1.71. The monoisotopic (exact) mass is 247 g/mol. The maximum absolute atomic E-state index is 11.2. The highest BCUT2D eigenvalue weighted by molar-refractivity contribution is 6.00. The molecule has 1 aliphatic carbocycles. The minimum atomic E-state index is -0.483. The summed E-state index contributed by atoms with van der Waals surface area (Å²) in [6.07, 6.45) is 3.46. The molecule has 1 fully saturated rings. The van der Waals surface area contributed by atoms with Gasteiger partial charge in [0.05, 0.1) is 16.9 Å². The molecule has 18 heavy (non-hydrogen) atoms. The minimum Gasteiger partial charge on any atom is -0.396 e. The van der Waals surface area contributed by atoms with E-state index in [1.165, 1.54) is 6.42 Å². The molecule has 1 saturated carbocycles. The zero-order valence-corrected chi connectivity index (χ0v) is 11.0. The second kappa shape index (κ2) is 4.52. The van der Waals surface area contributed by atoms with Gasteiger partial charge in [0.1, 0.15) is 0 Å². The standard InChI is InChI=1S/C14H21N3O/c1-14(2)7-6-9(8-14)17-11-5-3-4-10(12(11)15)13(16)18/h3-5,9,17H,6-8,15H2,1-2H3,(H2,16,18). The van der Waals surface area contributed by atoms with Gasteiger partial charge in [0.15, 0.2) is 0 Å². The number of benzene rings is 1. The molecule has 1 amide bonds. The summed E-state index contributed by atoms with van der Waals surface area (Å²) in [5.74, 6) is -0.483. The molecular weight excluding hydrogens is 226 g/mol. The lowest BCUT2D eigenvalue weighted by atomic mass is 9.92. The number of carbonyl (C=O) groups is 1. The first-order chi connectivity index (χ1) is 8.39. The van der Waals surface area contributed by atoms with Gasteiger partial charge in [-0.1, -0.05) is 19.9 Å². The average molecular weight is 247 g/mol. The van der Waals surface area contributed by atoms with Crippen molar-refractivity contribution in [2.75, 3.05) is 11.1 Å². The fraction of sp³-hybridized carbons (Fsp3) is 0.500. The predicted octanol–water partition coefficient (Wildman–Crippen LogP) is 2.36. The first-order valence-corrected chi connectivity index (χ1v) is 6.34.